The van der Waals surface area contributed by atoms with Crippen LogP contribution < -0.4 is 0 Å². The van der Waals surface area contributed by atoms with E-state index in [0.717, 1.165) is 19.6 Å². The van der Waals surface area contributed by atoms with Gasteiger partial charge in [0, 0.05) is 13.2 Å². The molecule has 224 valence electrons. The number of hydrogen-bond donors (Lipinski definition) is 0. The first-order valence-corrected chi connectivity index (χ1v) is 15.9. The lowest BCUT2D eigenvalue weighted by Crippen LogP contribution is -2.14. The van der Waals surface area contributed by atoms with Crippen LogP contribution in [0.25, 0.3) is 0 Å². The highest BCUT2D eigenvalue weighted by atomic mass is 16.6. The van der Waals surface area contributed by atoms with E-state index in [9.17, 15) is 0 Å². The number of hydrogen-bond acceptors (Lipinski definition) is 6. The molecule has 0 unspecified atom stereocenters. The second kappa shape index (κ2) is 35.8. The molecular formula is C31H64O6. The van der Waals surface area contributed by atoms with Crippen molar-refractivity contribution in [2.75, 3.05) is 79.3 Å². The highest BCUT2D eigenvalue weighted by molar-refractivity contribution is 4.49. The molecule has 0 amide bonds. The fraction of sp³-hybridized carbons (Fsp3) is 1.00. The Morgan fingerprint density at radius 1 is 0.216 bits per heavy atom. The first kappa shape index (κ1) is 36.8. The van der Waals surface area contributed by atoms with Crippen LogP contribution >= 0.6 is 0 Å². The molecule has 0 saturated heterocycles. The van der Waals surface area contributed by atoms with Gasteiger partial charge in [0.2, 0.25) is 0 Å². The Hall–Kier alpha value is -0.240. The van der Waals surface area contributed by atoms with Gasteiger partial charge in [-0.3, -0.25) is 0 Å². The normalized spacial score (nSPS) is 11.5. The third-order valence-corrected chi connectivity index (χ3v) is 6.39. The van der Waals surface area contributed by atoms with Crippen molar-refractivity contribution in [3.8, 4) is 0 Å². The lowest BCUT2D eigenvalue weighted by Gasteiger charge is -2.08. The Morgan fingerprint density at radius 3 is 0.676 bits per heavy atom. The van der Waals surface area contributed by atoms with Crippen molar-refractivity contribution in [3.63, 3.8) is 0 Å². The quantitative estimate of drug-likeness (QED) is 0.0790. The Morgan fingerprint density at radius 2 is 0.405 bits per heavy atom. The van der Waals surface area contributed by atoms with E-state index in [2.05, 4.69) is 13.8 Å². The van der Waals surface area contributed by atoms with E-state index < -0.39 is 0 Å². The molecule has 0 bridgehead atoms. The minimum absolute atomic E-state index is 0.583. The summed E-state index contributed by atoms with van der Waals surface area (Å²) in [5.41, 5.74) is 0. The molecular weight excluding hydrogens is 468 g/mol. The molecule has 0 heterocycles. The van der Waals surface area contributed by atoms with Crippen LogP contribution in [0, 0.1) is 0 Å². The molecule has 0 aromatic rings. The Labute approximate surface area is 230 Å². The molecule has 0 spiro atoms. The maximum atomic E-state index is 5.66. The molecule has 6 heteroatoms. The summed E-state index contributed by atoms with van der Waals surface area (Å²) in [6.45, 7) is 12.4. The topological polar surface area (TPSA) is 55.4 Å². The van der Waals surface area contributed by atoms with Crippen molar-refractivity contribution in [1.29, 1.82) is 0 Å². The van der Waals surface area contributed by atoms with Crippen LogP contribution in [-0.2, 0) is 28.4 Å². The van der Waals surface area contributed by atoms with E-state index in [1.807, 2.05) is 0 Å². The monoisotopic (exact) mass is 532 g/mol. The third kappa shape index (κ3) is 35.8. The van der Waals surface area contributed by atoms with Crippen LogP contribution in [0.4, 0.5) is 0 Å². The Bertz CT molecular complexity index is 349. The van der Waals surface area contributed by atoms with E-state index in [-0.39, 0.29) is 0 Å². The molecule has 0 radical (unpaired) electrons. The highest BCUT2D eigenvalue weighted by Gasteiger charge is 1.96. The van der Waals surface area contributed by atoms with Crippen molar-refractivity contribution < 1.29 is 28.4 Å². The van der Waals surface area contributed by atoms with Gasteiger partial charge in [-0.25, -0.2) is 0 Å². The first-order chi connectivity index (χ1) is 18.4. The molecule has 0 aliphatic rings. The van der Waals surface area contributed by atoms with E-state index in [4.69, 9.17) is 28.4 Å². The van der Waals surface area contributed by atoms with Gasteiger partial charge in [0.15, 0.2) is 0 Å². The van der Waals surface area contributed by atoms with Crippen LogP contribution in [0.15, 0.2) is 0 Å². The molecule has 0 atom stereocenters. The molecule has 37 heavy (non-hydrogen) atoms. The first-order valence-electron chi connectivity index (χ1n) is 15.9. The lowest BCUT2D eigenvalue weighted by molar-refractivity contribution is -0.0169. The highest BCUT2D eigenvalue weighted by Crippen LogP contribution is 2.12. The van der Waals surface area contributed by atoms with Crippen molar-refractivity contribution in [2.24, 2.45) is 0 Å². The summed E-state index contributed by atoms with van der Waals surface area (Å²) in [5.74, 6) is 0. The maximum Gasteiger partial charge on any atom is 0.0701 e. The molecule has 0 aliphatic carbocycles. The second-order valence-electron chi connectivity index (χ2n) is 9.98. The largest absolute Gasteiger partial charge is 0.379 e. The number of rotatable bonds is 34. The molecule has 0 saturated carbocycles. The summed E-state index contributed by atoms with van der Waals surface area (Å²) in [4.78, 5) is 0. The summed E-state index contributed by atoms with van der Waals surface area (Å²) >= 11 is 0. The molecule has 0 N–H and O–H groups in total. The van der Waals surface area contributed by atoms with E-state index in [1.54, 1.807) is 0 Å². The summed E-state index contributed by atoms with van der Waals surface area (Å²) in [6, 6.07) is 0. The average molecular weight is 533 g/mol. The SMILES string of the molecule is CCCCCCCCCCCCCCCOCCOCCOCCOCCOCCOCCCCCC. The van der Waals surface area contributed by atoms with Gasteiger partial charge in [-0.1, -0.05) is 110 Å². The van der Waals surface area contributed by atoms with Crippen LogP contribution in [0.5, 0.6) is 0 Å². The van der Waals surface area contributed by atoms with E-state index in [1.165, 1.54) is 103 Å². The van der Waals surface area contributed by atoms with Gasteiger partial charge >= 0.3 is 0 Å². The van der Waals surface area contributed by atoms with E-state index in [0.29, 0.717) is 66.1 Å². The molecule has 0 aromatic heterocycles. The minimum atomic E-state index is 0.583. The fourth-order valence-electron chi connectivity index (χ4n) is 4.05. The minimum Gasteiger partial charge on any atom is -0.379 e. The van der Waals surface area contributed by atoms with Crippen molar-refractivity contribution in [3.05, 3.63) is 0 Å². The van der Waals surface area contributed by atoms with Crippen molar-refractivity contribution >= 4 is 0 Å². The van der Waals surface area contributed by atoms with Gasteiger partial charge in [-0.05, 0) is 12.8 Å². The number of unbranched alkanes of at least 4 members (excludes halogenated alkanes) is 15. The smallest absolute Gasteiger partial charge is 0.0701 e. The summed E-state index contributed by atoms with van der Waals surface area (Å²) < 4.78 is 33.2. The van der Waals surface area contributed by atoms with Crippen molar-refractivity contribution in [1.82, 2.24) is 0 Å². The fourth-order valence-corrected chi connectivity index (χ4v) is 4.05. The number of ether oxygens (including phenoxy) is 6. The van der Waals surface area contributed by atoms with Gasteiger partial charge in [0.25, 0.3) is 0 Å². The molecule has 0 aliphatic heterocycles. The molecule has 0 aromatic carbocycles. The zero-order valence-corrected chi connectivity index (χ0v) is 25.0. The van der Waals surface area contributed by atoms with Crippen LogP contribution in [-0.4, -0.2) is 79.3 Å². The van der Waals surface area contributed by atoms with Crippen LogP contribution in [0.1, 0.15) is 123 Å². The third-order valence-electron chi connectivity index (χ3n) is 6.39. The van der Waals surface area contributed by atoms with Crippen LogP contribution in [0.2, 0.25) is 0 Å². The predicted molar refractivity (Wildman–Crippen MR) is 155 cm³/mol. The maximum absolute atomic E-state index is 5.66. The van der Waals surface area contributed by atoms with Gasteiger partial charge in [0.1, 0.15) is 0 Å². The Balaban J connectivity index is 3.00. The van der Waals surface area contributed by atoms with Crippen molar-refractivity contribution in [2.45, 2.75) is 123 Å². The summed E-state index contributed by atoms with van der Waals surface area (Å²) in [5, 5.41) is 0. The van der Waals surface area contributed by atoms with Gasteiger partial charge in [-0.2, -0.15) is 0 Å². The lowest BCUT2D eigenvalue weighted by atomic mass is 10.0. The molecule has 6 nitrogen and oxygen atoms in total. The van der Waals surface area contributed by atoms with Gasteiger partial charge < -0.3 is 28.4 Å². The van der Waals surface area contributed by atoms with Crippen LogP contribution in [0.3, 0.4) is 0 Å². The average Bonchev–Trinajstić information content (AvgIpc) is 2.91. The van der Waals surface area contributed by atoms with Gasteiger partial charge in [-0.15, -0.1) is 0 Å². The predicted octanol–water partition coefficient (Wildman–Crippen LogP) is 7.76. The van der Waals surface area contributed by atoms with Gasteiger partial charge in [0.05, 0.1) is 66.1 Å². The summed E-state index contributed by atoms with van der Waals surface area (Å²) in [7, 11) is 0. The zero-order chi connectivity index (χ0) is 26.7. The van der Waals surface area contributed by atoms with E-state index >= 15 is 0 Å². The zero-order valence-electron chi connectivity index (χ0n) is 25.0. The summed E-state index contributed by atoms with van der Waals surface area (Å²) in [6.07, 6.45) is 22.9. The Kier molecular flexibility index (Phi) is 35.5. The second-order valence-corrected chi connectivity index (χ2v) is 9.98. The molecule has 0 rings (SSSR count). The molecule has 0 fully saturated rings. The standard InChI is InChI=1S/C31H64O6/c1-3-5-7-9-10-11-12-13-14-15-16-17-19-21-33-23-25-35-27-29-37-31-30-36-28-26-34-24-22-32-20-18-8-6-4-2/h3-31H2,1-2H3.